The minimum Gasteiger partial charge on any atom is -0.480 e. The summed E-state index contributed by atoms with van der Waals surface area (Å²) in [6, 6.07) is 6.23. The number of aliphatic carboxylic acids is 1. The average Bonchev–Trinajstić information content (AvgIpc) is 3.17. The van der Waals surface area contributed by atoms with Gasteiger partial charge >= 0.3 is 5.97 Å². The average molecular weight is 304 g/mol. The van der Waals surface area contributed by atoms with E-state index in [0.717, 1.165) is 0 Å². The minimum atomic E-state index is -1.02. The number of nitrogens with zero attached hydrogens (tertiary/aromatic N) is 2. The van der Waals surface area contributed by atoms with Crippen molar-refractivity contribution in [1.82, 2.24) is 10.1 Å². The molecule has 0 spiro atoms. The molecule has 2 heterocycles. The maximum absolute atomic E-state index is 12.9. The number of hydrogen-bond donors (Lipinski definition) is 1. The SMILES string of the molecule is O=C(O)[C@@H]1CCCN1C(=O)c1cc(-c2ccc(F)cc2)no1. The Morgan fingerprint density at radius 2 is 2.05 bits per heavy atom. The highest BCUT2D eigenvalue weighted by atomic mass is 19.1. The summed E-state index contributed by atoms with van der Waals surface area (Å²) in [6.45, 7) is 0.377. The Morgan fingerprint density at radius 1 is 1.32 bits per heavy atom. The molecule has 7 heteroatoms. The van der Waals surface area contributed by atoms with Gasteiger partial charge in [0.05, 0.1) is 0 Å². The summed E-state index contributed by atoms with van der Waals surface area (Å²) >= 11 is 0. The Bertz CT molecular complexity index is 711. The quantitative estimate of drug-likeness (QED) is 0.939. The molecule has 1 N–H and O–H groups in total. The third kappa shape index (κ3) is 2.57. The Morgan fingerprint density at radius 3 is 2.73 bits per heavy atom. The van der Waals surface area contributed by atoms with E-state index >= 15 is 0 Å². The number of likely N-dealkylation sites (tertiary alicyclic amines) is 1. The van der Waals surface area contributed by atoms with Crippen molar-refractivity contribution in [3.8, 4) is 11.3 Å². The van der Waals surface area contributed by atoms with Crippen LogP contribution >= 0.6 is 0 Å². The molecule has 1 aromatic heterocycles. The molecule has 0 unspecified atom stereocenters. The topological polar surface area (TPSA) is 83.6 Å². The van der Waals surface area contributed by atoms with E-state index in [4.69, 9.17) is 9.63 Å². The third-order valence-corrected chi connectivity index (χ3v) is 3.66. The summed E-state index contributed by atoms with van der Waals surface area (Å²) in [4.78, 5) is 24.7. The van der Waals surface area contributed by atoms with Crippen LogP contribution in [-0.2, 0) is 4.79 Å². The van der Waals surface area contributed by atoms with Gasteiger partial charge in [-0.2, -0.15) is 0 Å². The fourth-order valence-corrected chi connectivity index (χ4v) is 2.54. The van der Waals surface area contributed by atoms with Crippen LogP contribution in [0.2, 0.25) is 0 Å². The molecule has 0 aliphatic carbocycles. The fraction of sp³-hybridized carbons (Fsp3) is 0.267. The van der Waals surface area contributed by atoms with Crippen molar-refractivity contribution in [2.75, 3.05) is 6.54 Å². The highest BCUT2D eigenvalue weighted by Gasteiger charge is 2.36. The number of amides is 1. The summed E-state index contributed by atoms with van der Waals surface area (Å²) in [5.74, 6) is -1.91. The zero-order valence-corrected chi connectivity index (χ0v) is 11.5. The molecule has 1 atom stereocenters. The predicted octanol–water partition coefficient (Wildman–Crippen LogP) is 2.17. The number of carboxylic acids is 1. The van der Waals surface area contributed by atoms with Gasteiger partial charge in [-0.1, -0.05) is 5.16 Å². The van der Waals surface area contributed by atoms with E-state index in [-0.39, 0.29) is 11.6 Å². The van der Waals surface area contributed by atoms with Crippen molar-refractivity contribution < 1.29 is 23.6 Å². The van der Waals surface area contributed by atoms with Gasteiger partial charge in [-0.3, -0.25) is 4.79 Å². The molecular weight excluding hydrogens is 291 g/mol. The first-order valence-corrected chi connectivity index (χ1v) is 6.82. The molecule has 0 saturated carbocycles. The van der Waals surface area contributed by atoms with E-state index in [0.29, 0.717) is 30.6 Å². The second-order valence-corrected chi connectivity index (χ2v) is 5.08. The standard InChI is InChI=1S/C15H13FN2O4/c16-10-5-3-9(4-6-10)11-8-13(22-17-11)14(19)18-7-1-2-12(18)15(20)21/h3-6,8,12H,1-2,7H2,(H,20,21)/t12-/m0/s1. The Kier molecular flexibility index (Phi) is 3.62. The summed E-state index contributed by atoms with van der Waals surface area (Å²) in [6.07, 6.45) is 1.07. The van der Waals surface area contributed by atoms with Crippen LogP contribution in [0.4, 0.5) is 4.39 Å². The number of rotatable bonds is 3. The molecule has 6 nitrogen and oxygen atoms in total. The second-order valence-electron chi connectivity index (χ2n) is 5.08. The first-order valence-electron chi connectivity index (χ1n) is 6.82. The largest absolute Gasteiger partial charge is 0.480 e. The molecule has 2 aromatic rings. The first kappa shape index (κ1) is 14.2. The van der Waals surface area contributed by atoms with E-state index in [2.05, 4.69) is 5.16 Å². The lowest BCUT2D eigenvalue weighted by molar-refractivity contribution is -0.141. The Balaban J connectivity index is 1.82. The maximum Gasteiger partial charge on any atom is 0.326 e. The Labute approximate surface area is 125 Å². The molecule has 1 aromatic carbocycles. The number of benzene rings is 1. The van der Waals surface area contributed by atoms with Crippen LogP contribution in [0.3, 0.4) is 0 Å². The van der Waals surface area contributed by atoms with Gasteiger partial charge in [0.25, 0.3) is 5.91 Å². The van der Waals surface area contributed by atoms with Crippen molar-refractivity contribution >= 4 is 11.9 Å². The van der Waals surface area contributed by atoms with Gasteiger partial charge in [0.1, 0.15) is 17.6 Å². The van der Waals surface area contributed by atoms with Gasteiger partial charge in [0, 0.05) is 18.2 Å². The van der Waals surface area contributed by atoms with Gasteiger partial charge in [0.15, 0.2) is 0 Å². The summed E-state index contributed by atoms with van der Waals surface area (Å²) in [5.41, 5.74) is 1.01. The van der Waals surface area contributed by atoms with Crippen molar-refractivity contribution in [3.05, 3.63) is 41.9 Å². The van der Waals surface area contributed by atoms with Crippen molar-refractivity contribution in [2.45, 2.75) is 18.9 Å². The van der Waals surface area contributed by atoms with E-state index in [1.54, 1.807) is 0 Å². The van der Waals surface area contributed by atoms with Crippen molar-refractivity contribution in [1.29, 1.82) is 0 Å². The number of aromatic nitrogens is 1. The molecule has 114 valence electrons. The van der Waals surface area contributed by atoms with Crippen molar-refractivity contribution in [3.63, 3.8) is 0 Å². The maximum atomic E-state index is 12.9. The minimum absolute atomic E-state index is 0.0209. The third-order valence-electron chi connectivity index (χ3n) is 3.66. The smallest absolute Gasteiger partial charge is 0.326 e. The summed E-state index contributed by atoms with van der Waals surface area (Å²) < 4.78 is 17.9. The van der Waals surface area contributed by atoms with E-state index in [1.165, 1.54) is 35.2 Å². The number of carboxylic acid groups (broad SMARTS) is 1. The number of hydrogen-bond acceptors (Lipinski definition) is 4. The Hall–Kier alpha value is -2.70. The van der Waals surface area contributed by atoms with Crippen LogP contribution < -0.4 is 0 Å². The second kappa shape index (κ2) is 5.59. The van der Waals surface area contributed by atoms with Gasteiger partial charge in [-0.25, -0.2) is 9.18 Å². The molecule has 1 amide bonds. The highest BCUT2D eigenvalue weighted by molar-refractivity contribution is 5.95. The monoisotopic (exact) mass is 304 g/mol. The zero-order valence-electron chi connectivity index (χ0n) is 11.5. The number of carbonyl (C=O) groups excluding carboxylic acids is 1. The number of halogens is 1. The van der Waals surface area contributed by atoms with Crippen molar-refractivity contribution in [2.24, 2.45) is 0 Å². The molecule has 1 aliphatic rings. The zero-order chi connectivity index (χ0) is 15.7. The fourth-order valence-electron chi connectivity index (χ4n) is 2.54. The molecule has 1 saturated heterocycles. The van der Waals surface area contributed by atoms with Crippen LogP contribution in [-0.4, -0.2) is 39.6 Å². The van der Waals surface area contributed by atoms with Gasteiger partial charge in [0.2, 0.25) is 5.76 Å². The predicted molar refractivity (Wildman–Crippen MR) is 73.6 cm³/mol. The molecule has 0 radical (unpaired) electrons. The molecule has 3 rings (SSSR count). The van der Waals surface area contributed by atoms with E-state index < -0.39 is 17.9 Å². The lowest BCUT2D eigenvalue weighted by Gasteiger charge is -2.19. The van der Waals surface area contributed by atoms with Gasteiger partial charge in [-0.15, -0.1) is 0 Å². The summed E-state index contributed by atoms with van der Waals surface area (Å²) in [7, 11) is 0. The van der Waals surface area contributed by atoms with Crippen LogP contribution in [0.1, 0.15) is 23.4 Å². The number of carbonyl (C=O) groups is 2. The molecule has 22 heavy (non-hydrogen) atoms. The van der Waals surface area contributed by atoms with Crippen LogP contribution in [0.5, 0.6) is 0 Å². The van der Waals surface area contributed by atoms with Crippen LogP contribution in [0, 0.1) is 5.82 Å². The first-order chi connectivity index (χ1) is 10.6. The van der Waals surface area contributed by atoms with Crippen LogP contribution in [0.25, 0.3) is 11.3 Å². The highest BCUT2D eigenvalue weighted by Crippen LogP contribution is 2.24. The lowest BCUT2D eigenvalue weighted by Crippen LogP contribution is -2.40. The summed E-state index contributed by atoms with van der Waals surface area (Å²) in [5, 5.41) is 12.9. The molecule has 0 bridgehead atoms. The molecule has 1 fully saturated rings. The van der Waals surface area contributed by atoms with Gasteiger partial charge in [-0.05, 0) is 37.1 Å². The lowest BCUT2D eigenvalue weighted by atomic mass is 10.1. The normalized spacial score (nSPS) is 17.7. The van der Waals surface area contributed by atoms with E-state index in [1.807, 2.05) is 0 Å². The van der Waals surface area contributed by atoms with E-state index in [9.17, 15) is 14.0 Å². The van der Waals surface area contributed by atoms with Gasteiger partial charge < -0.3 is 14.5 Å². The molecular formula is C15H13FN2O4. The van der Waals surface area contributed by atoms with Crippen LogP contribution in [0.15, 0.2) is 34.9 Å². The molecule has 1 aliphatic heterocycles.